The number of carbonyl (C=O) groups is 2. The molecule has 0 aliphatic carbocycles. The zero-order chi connectivity index (χ0) is 25.4. The molecule has 0 aliphatic rings. The van der Waals surface area contributed by atoms with E-state index in [4.69, 9.17) is 11.6 Å². The summed E-state index contributed by atoms with van der Waals surface area (Å²) in [5, 5.41) is 3.68. The highest BCUT2D eigenvalue weighted by Crippen LogP contribution is 2.22. The third-order valence-corrected chi connectivity index (χ3v) is 6.58. The van der Waals surface area contributed by atoms with Gasteiger partial charge in [0, 0.05) is 24.0 Å². The monoisotopic (exact) mass is 490 g/mol. The van der Waals surface area contributed by atoms with Crippen molar-refractivity contribution in [2.24, 2.45) is 0 Å². The van der Waals surface area contributed by atoms with E-state index in [9.17, 15) is 9.59 Å². The normalized spacial score (nSPS) is 12.6. The van der Waals surface area contributed by atoms with Gasteiger partial charge in [-0.2, -0.15) is 0 Å². The van der Waals surface area contributed by atoms with Crippen LogP contribution in [0.1, 0.15) is 48.1 Å². The van der Waals surface area contributed by atoms with Crippen molar-refractivity contribution in [2.45, 2.75) is 65.6 Å². The molecule has 0 unspecified atom stereocenters. The van der Waals surface area contributed by atoms with Gasteiger partial charge < -0.3 is 10.2 Å². The van der Waals surface area contributed by atoms with Gasteiger partial charge in [0.15, 0.2) is 0 Å². The fourth-order valence-corrected chi connectivity index (χ4v) is 4.45. The Kier molecular flexibility index (Phi) is 9.50. The van der Waals surface area contributed by atoms with Gasteiger partial charge in [0.2, 0.25) is 11.8 Å². The van der Waals surface area contributed by atoms with Crippen LogP contribution in [0.15, 0.2) is 72.8 Å². The molecule has 0 saturated carbocycles. The predicted molar refractivity (Wildman–Crippen MR) is 143 cm³/mol. The van der Waals surface area contributed by atoms with Crippen LogP contribution < -0.4 is 5.32 Å². The lowest BCUT2D eigenvalue weighted by Crippen LogP contribution is -2.52. The van der Waals surface area contributed by atoms with Gasteiger partial charge in [-0.3, -0.25) is 9.59 Å². The maximum Gasteiger partial charge on any atom is 0.243 e. The molecule has 0 aromatic heterocycles. The first-order valence-electron chi connectivity index (χ1n) is 12.2. The van der Waals surface area contributed by atoms with Crippen LogP contribution in [-0.2, 0) is 29.0 Å². The van der Waals surface area contributed by atoms with Crippen molar-refractivity contribution < 1.29 is 9.59 Å². The summed E-state index contributed by atoms with van der Waals surface area (Å²) < 4.78 is 0. The largest absolute Gasteiger partial charge is 0.352 e. The molecule has 1 N–H and O–H groups in total. The average Bonchev–Trinajstić information content (AvgIpc) is 2.82. The standard InChI is InChI=1S/C30H35ClN2O2/c1-5-23(4)32-30(35)28(18-24-11-7-6-8-12-24)33(20-26-13-9-10-14-27(26)31)29(34)19-25-16-21(2)15-22(3)17-25/h6-17,23,28H,5,18-20H2,1-4H3,(H,32,35)/t23-,28+/m0/s1. The van der Waals surface area contributed by atoms with Crippen LogP contribution in [0.3, 0.4) is 0 Å². The molecule has 35 heavy (non-hydrogen) atoms. The van der Waals surface area contributed by atoms with Gasteiger partial charge in [-0.05, 0) is 49.9 Å². The molecule has 0 aliphatic heterocycles. The van der Waals surface area contributed by atoms with Crippen LogP contribution in [0.4, 0.5) is 0 Å². The Morgan fingerprint density at radius 1 is 0.914 bits per heavy atom. The highest BCUT2D eigenvalue weighted by molar-refractivity contribution is 6.31. The molecule has 3 rings (SSSR count). The summed E-state index contributed by atoms with van der Waals surface area (Å²) in [6, 6.07) is 22.8. The first kappa shape index (κ1) is 26.5. The van der Waals surface area contributed by atoms with Crippen molar-refractivity contribution in [1.82, 2.24) is 10.2 Å². The van der Waals surface area contributed by atoms with Gasteiger partial charge in [-0.1, -0.05) is 96.4 Å². The molecule has 2 atom stereocenters. The molecule has 5 heteroatoms. The number of hydrogen-bond acceptors (Lipinski definition) is 2. The smallest absolute Gasteiger partial charge is 0.243 e. The van der Waals surface area contributed by atoms with Crippen LogP contribution in [-0.4, -0.2) is 28.8 Å². The minimum atomic E-state index is -0.666. The lowest BCUT2D eigenvalue weighted by atomic mass is 10.00. The molecule has 0 bridgehead atoms. The molecular weight excluding hydrogens is 456 g/mol. The van der Waals surface area contributed by atoms with Gasteiger partial charge in [0.25, 0.3) is 0 Å². The maximum atomic E-state index is 13.8. The van der Waals surface area contributed by atoms with E-state index < -0.39 is 6.04 Å². The summed E-state index contributed by atoms with van der Waals surface area (Å²) in [4.78, 5) is 29.1. The highest BCUT2D eigenvalue weighted by Gasteiger charge is 2.31. The summed E-state index contributed by atoms with van der Waals surface area (Å²) in [5.74, 6) is -0.251. The fourth-order valence-electron chi connectivity index (χ4n) is 4.25. The Hall–Kier alpha value is -3.11. The number of halogens is 1. The summed E-state index contributed by atoms with van der Waals surface area (Å²) in [6.07, 6.45) is 1.45. The summed E-state index contributed by atoms with van der Waals surface area (Å²) >= 11 is 6.49. The van der Waals surface area contributed by atoms with E-state index >= 15 is 0 Å². The van der Waals surface area contributed by atoms with Gasteiger partial charge in [-0.25, -0.2) is 0 Å². The second-order valence-electron chi connectivity index (χ2n) is 9.31. The van der Waals surface area contributed by atoms with Crippen molar-refractivity contribution in [3.05, 3.63) is 106 Å². The lowest BCUT2D eigenvalue weighted by molar-refractivity contribution is -0.141. The third kappa shape index (κ3) is 7.69. The zero-order valence-electron chi connectivity index (χ0n) is 21.1. The number of hydrogen-bond donors (Lipinski definition) is 1. The average molecular weight is 491 g/mol. The maximum absolute atomic E-state index is 13.8. The van der Waals surface area contributed by atoms with Crippen molar-refractivity contribution >= 4 is 23.4 Å². The minimum Gasteiger partial charge on any atom is -0.352 e. The van der Waals surface area contributed by atoms with Gasteiger partial charge in [0.1, 0.15) is 6.04 Å². The summed E-state index contributed by atoms with van der Waals surface area (Å²) in [7, 11) is 0. The quantitative estimate of drug-likeness (QED) is 0.376. The first-order valence-corrected chi connectivity index (χ1v) is 12.6. The molecule has 0 saturated heterocycles. The number of amides is 2. The second kappa shape index (κ2) is 12.6. The van der Waals surface area contributed by atoms with Crippen molar-refractivity contribution in [3.8, 4) is 0 Å². The molecular formula is C30H35ClN2O2. The van der Waals surface area contributed by atoms with E-state index in [1.807, 2.05) is 94.4 Å². The van der Waals surface area contributed by atoms with Crippen LogP contribution >= 0.6 is 11.6 Å². The zero-order valence-corrected chi connectivity index (χ0v) is 21.8. The Morgan fingerprint density at radius 3 is 2.17 bits per heavy atom. The van der Waals surface area contributed by atoms with Crippen molar-refractivity contribution in [2.75, 3.05) is 0 Å². The summed E-state index contributed by atoms with van der Waals surface area (Å²) in [5.41, 5.74) is 4.98. The molecule has 0 heterocycles. The van der Waals surface area contributed by atoms with Gasteiger partial charge in [-0.15, -0.1) is 0 Å². The van der Waals surface area contributed by atoms with Crippen molar-refractivity contribution in [1.29, 1.82) is 0 Å². The fraction of sp³-hybridized carbons (Fsp3) is 0.333. The second-order valence-corrected chi connectivity index (χ2v) is 9.72. The minimum absolute atomic E-state index is 0.0115. The molecule has 0 spiro atoms. The molecule has 3 aromatic carbocycles. The number of carbonyl (C=O) groups excluding carboxylic acids is 2. The number of aryl methyl sites for hydroxylation is 2. The molecule has 184 valence electrons. The lowest BCUT2D eigenvalue weighted by Gasteiger charge is -2.32. The van der Waals surface area contributed by atoms with E-state index in [-0.39, 0.29) is 30.8 Å². The summed E-state index contributed by atoms with van der Waals surface area (Å²) in [6.45, 7) is 8.33. The number of nitrogens with zero attached hydrogens (tertiary/aromatic N) is 1. The highest BCUT2D eigenvalue weighted by atomic mass is 35.5. The SMILES string of the molecule is CC[C@H](C)NC(=O)[C@@H](Cc1ccccc1)N(Cc1ccccc1Cl)C(=O)Cc1cc(C)cc(C)c1. The van der Waals surface area contributed by atoms with E-state index in [1.54, 1.807) is 4.90 Å². The Bertz CT molecular complexity index is 1130. The third-order valence-electron chi connectivity index (χ3n) is 6.21. The Labute approximate surface area is 214 Å². The van der Waals surface area contributed by atoms with Crippen LogP contribution in [0.5, 0.6) is 0 Å². The molecule has 4 nitrogen and oxygen atoms in total. The molecule has 3 aromatic rings. The van der Waals surface area contributed by atoms with Gasteiger partial charge in [0.05, 0.1) is 6.42 Å². The number of nitrogens with one attached hydrogen (secondary N) is 1. The van der Waals surface area contributed by atoms with Crippen molar-refractivity contribution in [3.63, 3.8) is 0 Å². The molecule has 0 radical (unpaired) electrons. The van der Waals surface area contributed by atoms with Gasteiger partial charge >= 0.3 is 0 Å². The Balaban J connectivity index is 2.00. The van der Waals surface area contributed by atoms with Crippen LogP contribution in [0, 0.1) is 13.8 Å². The van der Waals surface area contributed by atoms with E-state index in [2.05, 4.69) is 11.4 Å². The number of rotatable bonds is 10. The first-order chi connectivity index (χ1) is 16.8. The van der Waals surface area contributed by atoms with E-state index in [0.29, 0.717) is 11.4 Å². The van der Waals surface area contributed by atoms with E-state index in [1.165, 1.54) is 0 Å². The molecule has 2 amide bonds. The predicted octanol–water partition coefficient (Wildman–Crippen LogP) is 6.05. The van der Waals surface area contributed by atoms with E-state index in [0.717, 1.165) is 34.2 Å². The Morgan fingerprint density at radius 2 is 1.54 bits per heavy atom. The topological polar surface area (TPSA) is 49.4 Å². The van der Waals surface area contributed by atoms with Crippen LogP contribution in [0.2, 0.25) is 5.02 Å². The molecule has 0 fully saturated rings. The number of benzene rings is 3. The van der Waals surface area contributed by atoms with Crippen LogP contribution in [0.25, 0.3) is 0 Å².